The first kappa shape index (κ1) is 41.0. The zero-order chi connectivity index (χ0) is 39.5. The monoisotopic (exact) mass is 765 g/mol. The van der Waals surface area contributed by atoms with Gasteiger partial charge in [-0.3, -0.25) is 14.4 Å². The van der Waals surface area contributed by atoms with Gasteiger partial charge in [-0.1, -0.05) is 60.7 Å². The first-order chi connectivity index (χ1) is 25.7. The standard InChI is InChI=1S/C37H36F3N5O5S.CH2O2/c1-51(49,50)45(29-14-6-11-26(20-29)22-41)32-16-7-15-30(35(32)44-18-8-17-34(44)47)36(48)43-31(21-25-9-3-2-4-10-25)33(46)24-42-23-27-12-5-13-28(19-27)37(38,39)40;2-1-3/h2-7,9-16,19-20,31,33,42,46H,8,17-18,21,23-24H2,1H3,(H,43,48);1H,(H,2,3)/t31-,33+;/m0./s1. The molecule has 16 heteroatoms. The lowest BCUT2D eigenvalue weighted by atomic mass is 9.99. The van der Waals surface area contributed by atoms with Crippen molar-refractivity contribution in [1.82, 2.24) is 10.6 Å². The normalized spacial score (nSPS) is 13.9. The van der Waals surface area contributed by atoms with Crippen LogP contribution in [0.25, 0.3) is 0 Å². The summed E-state index contributed by atoms with van der Waals surface area (Å²) in [5.41, 5.74) is 0.740. The third-order valence-corrected chi connectivity index (χ3v) is 9.45. The molecule has 4 N–H and O–H groups in total. The number of sulfonamides is 1. The minimum absolute atomic E-state index is 0.0184. The number of amides is 2. The largest absolute Gasteiger partial charge is 0.483 e. The number of halogens is 3. The maximum Gasteiger partial charge on any atom is 0.416 e. The summed E-state index contributed by atoms with van der Waals surface area (Å²) in [5.74, 6) is -1.00. The second-order valence-electron chi connectivity index (χ2n) is 12.3. The molecular formula is C38H38F3N5O7S. The molecule has 0 bridgehead atoms. The number of carbonyl (C=O) groups excluding carboxylic acids is 2. The van der Waals surface area contributed by atoms with Gasteiger partial charge in [0.15, 0.2) is 0 Å². The van der Waals surface area contributed by atoms with E-state index in [9.17, 15) is 41.5 Å². The summed E-state index contributed by atoms with van der Waals surface area (Å²) in [7, 11) is -4.09. The van der Waals surface area contributed by atoms with Gasteiger partial charge in [0.1, 0.15) is 0 Å². The summed E-state index contributed by atoms with van der Waals surface area (Å²) in [4.78, 5) is 37.1. The third kappa shape index (κ3) is 10.7. The van der Waals surface area contributed by atoms with Crippen LogP contribution in [0.2, 0.25) is 0 Å². The molecule has 1 aliphatic heterocycles. The van der Waals surface area contributed by atoms with Gasteiger partial charge in [0, 0.05) is 26.1 Å². The van der Waals surface area contributed by atoms with Crippen LogP contribution in [0.4, 0.5) is 30.2 Å². The molecule has 4 aromatic rings. The number of alkyl halides is 3. The van der Waals surface area contributed by atoms with Crippen molar-refractivity contribution in [3.63, 3.8) is 0 Å². The van der Waals surface area contributed by atoms with Crippen LogP contribution in [0.3, 0.4) is 0 Å². The fourth-order valence-corrected chi connectivity index (χ4v) is 7.02. The van der Waals surface area contributed by atoms with Gasteiger partial charge in [0.25, 0.3) is 12.4 Å². The highest BCUT2D eigenvalue weighted by molar-refractivity contribution is 7.92. The molecule has 1 fully saturated rings. The molecule has 1 heterocycles. The Bertz CT molecular complexity index is 2090. The Kier molecular flexibility index (Phi) is 13.9. The molecule has 0 unspecified atom stereocenters. The Morgan fingerprint density at radius 1 is 1.02 bits per heavy atom. The summed E-state index contributed by atoms with van der Waals surface area (Å²) in [5, 5.41) is 33.6. The molecule has 4 aromatic carbocycles. The molecule has 0 spiro atoms. The highest BCUT2D eigenvalue weighted by Crippen LogP contribution is 2.41. The fourth-order valence-electron chi connectivity index (χ4n) is 6.02. The lowest BCUT2D eigenvalue weighted by Gasteiger charge is -2.31. The third-order valence-electron chi connectivity index (χ3n) is 8.38. The van der Waals surface area contributed by atoms with E-state index in [1.807, 2.05) is 24.3 Å². The van der Waals surface area contributed by atoms with Crippen LogP contribution in [0, 0.1) is 11.3 Å². The highest BCUT2D eigenvalue weighted by atomic mass is 32.2. The summed E-state index contributed by atoms with van der Waals surface area (Å²) in [6, 6.07) is 25.3. The van der Waals surface area contributed by atoms with Crippen molar-refractivity contribution in [3.05, 3.63) is 125 Å². The van der Waals surface area contributed by atoms with E-state index in [4.69, 9.17) is 9.90 Å². The molecule has 1 aliphatic rings. The number of carboxylic acid groups (broad SMARTS) is 1. The number of benzene rings is 4. The summed E-state index contributed by atoms with van der Waals surface area (Å²) >= 11 is 0. The van der Waals surface area contributed by atoms with E-state index >= 15 is 0 Å². The molecule has 12 nitrogen and oxygen atoms in total. The van der Waals surface area contributed by atoms with Crippen molar-refractivity contribution in [2.75, 3.05) is 28.6 Å². The Balaban J connectivity index is 0.00000209. The molecule has 1 saturated heterocycles. The van der Waals surface area contributed by atoms with Gasteiger partial charge < -0.3 is 25.7 Å². The smallest absolute Gasteiger partial charge is 0.416 e. The van der Waals surface area contributed by atoms with Gasteiger partial charge in [-0.25, -0.2) is 12.7 Å². The first-order valence-corrected chi connectivity index (χ1v) is 18.4. The van der Waals surface area contributed by atoms with Crippen molar-refractivity contribution >= 4 is 45.4 Å². The van der Waals surface area contributed by atoms with Gasteiger partial charge >= 0.3 is 6.18 Å². The zero-order valence-corrected chi connectivity index (χ0v) is 29.8. The Morgan fingerprint density at radius 3 is 2.31 bits per heavy atom. The van der Waals surface area contributed by atoms with E-state index in [1.165, 1.54) is 59.5 Å². The summed E-state index contributed by atoms with van der Waals surface area (Å²) in [6.07, 6.45) is -3.91. The molecule has 0 aromatic heterocycles. The van der Waals surface area contributed by atoms with Crippen molar-refractivity contribution < 1.29 is 46.2 Å². The van der Waals surface area contributed by atoms with Gasteiger partial charge in [-0.15, -0.1) is 0 Å². The van der Waals surface area contributed by atoms with Gasteiger partial charge in [-0.2, -0.15) is 18.4 Å². The van der Waals surface area contributed by atoms with Crippen molar-refractivity contribution in [2.24, 2.45) is 0 Å². The summed E-state index contributed by atoms with van der Waals surface area (Å²) in [6.45, 7) is -0.102. The van der Waals surface area contributed by atoms with Crippen molar-refractivity contribution in [1.29, 1.82) is 5.26 Å². The number of hydrogen-bond donors (Lipinski definition) is 4. The number of nitrogens with one attached hydrogen (secondary N) is 2. The Hall–Kier alpha value is -5.76. The summed E-state index contributed by atoms with van der Waals surface area (Å²) < 4.78 is 67.3. The molecular weight excluding hydrogens is 728 g/mol. The average Bonchev–Trinajstić information content (AvgIpc) is 3.56. The van der Waals surface area contributed by atoms with Gasteiger partial charge in [0.05, 0.1) is 58.2 Å². The number of aliphatic hydroxyl groups is 1. The zero-order valence-electron chi connectivity index (χ0n) is 29.0. The second kappa shape index (κ2) is 18.3. The van der Waals surface area contributed by atoms with Crippen LogP contribution in [0.15, 0.2) is 97.1 Å². The predicted octanol–water partition coefficient (Wildman–Crippen LogP) is 4.99. The number of hydrogen-bond acceptors (Lipinski definition) is 8. The average molecular weight is 766 g/mol. The van der Waals surface area contributed by atoms with Crippen molar-refractivity contribution in [3.8, 4) is 6.07 Å². The Labute approximate surface area is 310 Å². The van der Waals surface area contributed by atoms with E-state index in [0.29, 0.717) is 12.0 Å². The first-order valence-electron chi connectivity index (χ1n) is 16.6. The van der Waals surface area contributed by atoms with E-state index in [2.05, 4.69) is 10.6 Å². The number of rotatable bonds is 13. The van der Waals surface area contributed by atoms with Crippen LogP contribution in [-0.4, -0.2) is 68.4 Å². The van der Waals surface area contributed by atoms with Crippen LogP contribution >= 0.6 is 0 Å². The lowest BCUT2D eigenvalue weighted by Crippen LogP contribution is -2.49. The van der Waals surface area contributed by atoms with E-state index < -0.39 is 39.8 Å². The molecule has 0 aliphatic carbocycles. The van der Waals surface area contributed by atoms with E-state index in [-0.39, 0.29) is 73.0 Å². The number of aliphatic hydroxyl groups excluding tert-OH is 1. The number of para-hydroxylation sites is 1. The molecule has 0 saturated carbocycles. The van der Waals surface area contributed by atoms with Crippen molar-refractivity contribution in [2.45, 2.75) is 44.1 Å². The van der Waals surface area contributed by atoms with Gasteiger partial charge in [0.2, 0.25) is 15.9 Å². The number of carbonyl (C=O) groups is 3. The number of nitrogens with zero attached hydrogens (tertiary/aromatic N) is 3. The number of nitriles is 1. The van der Waals surface area contributed by atoms with E-state index in [1.54, 1.807) is 12.1 Å². The van der Waals surface area contributed by atoms with E-state index in [0.717, 1.165) is 28.3 Å². The quantitative estimate of drug-likeness (QED) is 0.136. The molecule has 284 valence electrons. The predicted molar refractivity (Wildman–Crippen MR) is 195 cm³/mol. The minimum atomic E-state index is -4.50. The molecule has 2 atom stereocenters. The number of anilines is 3. The topological polar surface area (TPSA) is 180 Å². The molecule has 54 heavy (non-hydrogen) atoms. The molecule has 0 radical (unpaired) electrons. The maximum atomic E-state index is 14.2. The van der Waals surface area contributed by atoms with Crippen LogP contribution in [0.5, 0.6) is 0 Å². The minimum Gasteiger partial charge on any atom is -0.483 e. The molecule has 5 rings (SSSR count). The fraction of sp³-hybridized carbons (Fsp3) is 0.263. The van der Waals surface area contributed by atoms with Crippen LogP contribution in [-0.2, 0) is 38.8 Å². The maximum absolute atomic E-state index is 14.2. The Morgan fingerprint density at radius 2 is 1.69 bits per heavy atom. The van der Waals surface area contributed by atoms with Crippen LogP contribution in [0.1, 0.15) is 45.5 Å². The molecule has 2 amide bonds. The lowest BCUT2D eigenvalue weighted by molar-refractivity contribution is -0.137. The van der Waals surface area contributed by atoms with Gasteiger partial charge in [-0.05, 0) is 60.4 Å². The SMILES string of the molecule is CS(=O)(=O)N(c1cccc(C#N)c1)c1cccc(C(=O)N[C@@H](Cc2ccccc2)[C@H](O)CNCc2cccc(C(F)(F)F)c2)c1N1CCCC1=O.O=CO. The van der Waals surface area contributed by atoms with Crippen LogP contribution < -0.4 is 19.8 Å². The highest BCUT2D eigenvalue weighted by Gasteiger charge is 2.34. The second-order valence-corrected chi connectivity index (χ2v) is 14.1.